The molecule has 1 unspecified atom stereocenters. The Bertz CT molecular complexity index is 891. The third kappa shape index (κ3) is 6.32. The van der Waals surface area contributed by atoms with Gasteiger partial charge in [-0.05, 0) is 147 Å². The lowest BCUT2D eigenvalue weighted by Gasteiger charge is -2.47. The molecule has 2 nitrogen and oxygen atoms in total. The minimum atomic E-state index is -0.0156. The maximum Gasteiger partial charge on any atom is 0.127 e. The van der Waals surface area contributed by atoms with Crippen LogP contribution in [0.2, 0.25) is 0 Å². The fourth-order valence-corrected chi connectivity index (χ4v) is 8.14. The second kappa shape index (κ2) is 9.04. The number of halogens is 1. The maximum atomic E-state index is 15.4. The van der Waals surface area contributed by atoms with E-state index >= 15 is 4.39 Å². The van der Waals surface area contributed by atoms with Gasteiger partial charge in [-0.1, -0.05) is 18.2 Å². The Morgan fingerprint density at radius 1 is 0.794 bits per heavy atom. The number of allylic oxidation sites excluding steroid dienone is 2. The second-order valence-electron chi connectivity index (χ2n) is 14.5. The first-order valence-corrected chi connectivity index (χ1v) is 13.7. The van der Waals surface area contributed by atoms with E-state index in [2.05, 4.69) is 84.2 Å². The molecule has 3 heteroatoms. The molecule has 0 saturated carbocycles. The third-order valence-corrected chi connectivity index (χ3v) is 8.46. The molecule has 2 saturated heterocycles. The fourth-order valence-electron chi connectivity index (χ4n) is 8.14. The van der Waals surface area contributed by atoms with Crippen LogP contribution in [-0.2, 0) is 0 Å². The summed E-state index contributed by atoms with van der Waals surface area (Å²) in [6.45, 7) is 18.4. The molecule has 2 fully saturated rings. The Hall–Kier alpha value is -1.19. The van der Waals surface area contributed by atoms with Gasteiger partial charge in [-0.15, -0.1) is 0 Å². The van der Waals surface area contributed by atoms with E-state index in [4.69, 9.17) is 0 Å². The van der Waals surface area contributed by atoms with Crippen LogP contribution in [0.15, 0.2) is 24.3 Å². The van der Waals surface area contributed by atoms with Crippen molar-refractivity contribution in [1.29, 1.82) is 0 Å². The molecule has 1 atom stereocenters. The number of benzene rings is 1. The Balaban J connectivity index is 1.41. The van der Waals surface area contributed by atoms with Gasteiger partial charge in [0.2, 0.25) is 0 Å². The van der Waals surface area contributed by atoms with E-state index in [1.54, 1.807) is 0 Å². The van der Waals surface area contributed by atoms with Crippen LogP contribution in [0.5, 0.6) is 0 Å². The lowest BCUT2D eigenvalue weighted by molar-refractivity contribution is 0.111. The van der Waals surface area contributed by atoms with Crippen molar-refractivity contribution in [2.45, 2.75) is 135 Å². The van der Waals surface area contributed by atoms with Crippen molar-refractivity contribution in [2.24, 2.45) is 11.8 Å². The second-order valence-corrected chi connectivity index (χ2v) is 14.5. The topological polar surface area (TPSA) is 24.1 Å². The lowest BCUT2D eigenvalue weighted by Crippen LogP contribution is -2.57. The van der Waals surface area contributed by atoms with Crippen molar-refractivity contribution in [1.82, 2.24) is 10.6 Å². The molecule has 3 aliphatic rings. The summed E-state index contributed by atoms with van der Waals surface area (Å²) in [5.74, 6) is 1.81. The van der Waals surface area contributed by atoms with Gasteiger partial charge in [0.25, 0.3) is 0 Å². The highest BCUT2D eigenvalue weighted by atomic mass is 19.1. The number of hydrogen-bond donors (Lipinski definition) is 2. The smallest absolute Gasteiger partial charge is 0.127 e. The van der Waals surface area contributed by atoms with Gasteiger partial charge in [0.05, 0.1) is 0 Å². The quantitative estimate of drug-likeness (QED) is 0.468. The molecule has 0 aromatic heterocycles. The van der Waals surface area contributed by atoms with Gasteiger partial charge >= 0.3 is 0 Å². The SMILES string of the molecule is CC1(C)CC(CC2CC=C(c3ccc(C4CC(C)(C)NC(C)(C)C4)c(F)c3)CC2)CC(C)(C)N1. The average molecular weight is 469 g/mol. The molecule has 2 aliphatic heterocycles. The Labute approximate surface area is 208 Å². The number of nitrogens with one attached hydrogen (secondary N) is 2. The number of hydrogen-bond acceptors (Lipinski definition) is 2. The predicted octanol–water partition coefficient (Wildman–Crippen LogP) is 7.98. The van der Waals surface area contributed by atoms with Crippen molar-refractivity contribution in [3.8, 4) is 0 Å². The molecule has 2 N–H and O–H groups in total. The van der Waals surface area contributed by atoms with Gasteiger partial charge in [-0.2, -0.15) is 0 Å². The monoisotopic (exact) mass is 468 g/mol. The Morgan fingerprint density at radius 2 is 1.35 bits per heavy atom. The highest BCUT2D eigenvalue weighted by Gasteiger charge is 2.40. The first-order chi connectivity index (χ1) is 15.6. The van der Waals surface area contributed by atoms with Crippen molar-refractivity contribution in [2.75, 3.05) is 0 Å². The van der Waals surface area contributed by atoms with E-state index in [1.165, 1.54) is 31.3 Å². The van der Waals surface area contributed by atoms with Crippen molar-refractivity contribution in [3.05, 3.63) is 41.2 Å². The molecule has 0 bridgehead atoms. The third-order valence-electron chi connectivity index (χ3n) is 8.46. The highest BCUT2D eigenvalue weighted by Crippen LogP contribution is 2.42. The number of rotatable bonds is 4. The summed E-state index contributed by atoms with van der Waals surface area (Å²) in [5, 5.41) is 7.54. The predicted molar refractivity (Wildman–Crippen MR) is 144 cm³/mol. The first kappa shape index (κ1) is 25.9. The summed E-state index contributed by atoms with van der Waals surface area (Å²) >= 11 is 0. The Morgan fingerprint density at radius 3 is 1.85 bits per heavy atom. The minimum absolute atomic E-state index is 0.0156. The zero-order valence-corrected chi connectivity index (χ0v) is 23.1. The van der Waals surface area contributed by atoms with E-state index in [0.29, 0.717) is 0 Å². The van der Waals surface area contributed by atoms with Gasteiger partial charge in [-0.25, -0.2) is 4.39 Å². The molecule has 4 rings (SSSR count). The minimum Gasteiger partial charge on any atom is -0.307 e. The van der Waals surface area contributed by atoms with Crippen molar-refractivity contribution < 1.29 is 4.39 Å². The molecule has 34 heavy (non-hydrogen) atoms. The molecule has 1 aliphatic carbocycles. The standard InChI is InChI=1S/C31H49FN2/c1-28(2)17-22(18-29(3,4)33-28)15-21-9-11-23(12-10-21)24-13-14-26(27(32)16-24)25-19-30(5,6)34-31(7,8)20-25/h11,13-14,16,21-22,25,33-34H,9-10,12,15,17-20H2,1-8H3. The zero-order valence-electron chi connectivity index (χ0n) is 23.1. The first-order valence-electron chi connectivity index (χ1n) is 13.7. The van der Waals surface area contributed by atoms with E-state index in [9.17, 15) is 0 Å². The van der Waals surface area contributed by atoms with E-state index in [1.807, 2.05) is 6.07 Å². The van der Waals surface area contributed by atoms with Crippen LogP contribution in [0.4, 0.5) is 4.39 Å². The molecule has 2 heterocycles. The fraction of sp³-hybridized carbons (Fsp3) is 0.742. The van der Waals surface area contributed by atoms with Gasteiger partial charge in [0.1, 0.15) is 5.82 Å². The van der Waals surface area contributed by atoms with E-state index in [-0.39, 0.29) is 33.9 Å². The summed E-state index contributed by atoms with van der Waals surface area (Å²) in [6.07, 6.45) is 11.7. The van der Waals surface area contributed by atoms with Crippen LogP contribution in [0, 0.1) is 17.7 Å². The summed E-state index contributed by atoms with van der Waals surface area (Å²) < 4.78 is 15.4. The van der Waals surface area contributed by atoms with Crippen molar-refractivity contribution in [3.63, 3.8) is 0 Å². The van der Waals surface area contributed by atoms with Gasteiger partial charge < -0.3 is 10.6 Å². The summed E-state index contributed by atoms with van der Waals surface area (Å²) in [6, 6.07) is 6.09. The molecular weight excluding hydrogens is 419 g/mol. The molecule has 0 spiro atoms. The summed E-state index contributed by atoms with van der Waals surface area (Å²) in [5.41, 5.74) is 3.83. The average Bonchev–Trinajstić information content (AvgIpc) is 2.63. The Kier molecular flexibility index (Phi) is 6.88. The van der Waals surface area contributed by atoms with Gasteiger partial charge in [0.15, 0.2) is 0 Å². The van der Waals surface area contributed by atoms with Crippen LogP contribution in [0.3, 0.4) is 0 Å². The van der Waals surface area contributed by atoms with Gasteiger partial charge in [0, 0.05) is 22.2 Å². The largest absolute Gasteiger partial charge is 0.307 e. The number of piperidine rings is 2. The lowest BCUT2D eigenvalue weighted by atomic mass is 9.71. The van der Waals surface area contributed by atoms with Crippen LogP contribution in [0.1, 0.15) is 124 Å². The van der Waals surface area contributed by atoms with E-state index < -0.39 is 0 Å². The van der Waals surface area contributed by atoms with Crippen LogP contribution in [-0.4, -0.2) is 22.2 Å². The molecule has 0 amide bonds. The highest BCUT2D eigenvalue weighted by molar-refractivity contribution is 5.66. The normalized spacial score (nSPS) is 29.0. The molecule has 1 aromatic rings. The maximum absolute atomic E-state index is 15.4. The zero-order chi connectivity index (χ0) is 24.9. The summed E-state index contributed by atoms with van der Waals surface area (Å²) in [7, 11) is 0. The molecular formula is C31H49FN2. The van der Waals surface area contributed by atoms with Gasteiger partial charge in [-0.3, -0.25) is 0 Å². The van der Waals surface area contributed by atoms with E-state index in [0.717, 1.165) is 48.6 Å². The molecule has 1 aromatic carbocycles. The molecule has 0 radical (unpaired) electrons. The summed E-state index contributed by atoms with van der Waals surface area (Å²) in [4.78, 5) is 0. The van der Waals surface area contributed by atoms with Crippen LogP contribution >= 0.6 is 0 Å². The van der Waals surface area contributed by atoms with Crippen LogP contribution < -0.4 is 10.6 Å². The van der Waals surface area contributed by atoms with Crippen LogP contribution in [0.25, 0.3) is 5.57 Å². The molecule has 190 valence electrons. The van der Waals surface area contributed by atoms with Crippen molar-refractivity contribution >= 4 is 5.57 Å².